The smallest absolute Gasteiger partial charge is 0.490 e. The van der Waals surface area contributed by atoms with Crippen LogP contribution in [0.2, 0.25) is 0 Å². The molecule has 0 saturated heterocycles. The third kappa shape index (κ3) is 3.94. The quantitative estimate of drug-likeness (QED) is 0.608. The number of halogens is 3. The van der Waals surface area contributed by atoms with Gasteiger partial charge in [-0.15, -0.1) is 13.2 Å². The van der Waals surface area contributed by atoms with Crippen LogP contribution >= 0.6 is 0 Å². The Hall–Kier alpha value is -2.09. The Labute approximate surface area is 118 Å². The summed E-state index contributed by atoms with van der Waals surface area (Å²) in [5.41, 5.74) is 1.13. The molecule has 0 amide bonds. The molecule has 0 radical (unpaired) electrons. The number of rotatable bonds is 6. The lowest BCUT2D eigenvalue weighted by atomic mass is 10.1. The van der Waals surface area contributed by atoms with Crippen molar-refractivity contribution in [2.75, 3.05) is 13.2 Å². The van der Waals surface area contributed by atoms with Gasteiger partial charge in [0.1, 0.15) is 12.4 Å². The number of alkyl halides is 3. The van der Waals surface area contributed by atoms with E-state index in [9.17, 15) is 18.0 Å². The molecule has 0 aliphatic heterocycles. The van der Waals surface area contributed by atoms with Gasteiger partial charge in [-0.3, -0.25) is 9.53 Å². The largest absolute Gasteiger partial charge is 0.522 e. The van der Waals surface area contributed by atoms with E-state index in [4.69, 9.17) is 4.74 Å². The van der Waals surface area contributed by atoms with E-state index in [1.807, 2.05) is 0 Å². The number of ketones is 1. The van der Waals surface area contributed by atoms with E-state index in [2.05, 4.69) is 9.84 Å². The van der Waals surface area contributed by atoms with Crippen molar-refractivity contribution < 1.29 is 27.4 Å². The molecule has 2 heterocycles. The normalized spacial score (nSPS) is 11.8. The number of aromatic nitrogens is 2. The monoisotopic (exact) mass is 302 g/mol. The van der Waals surface area contributed by atoms with Crippen LogP contribution in [-0.4, -0.2) is 35.0 Å². The molecule has 0 N–H and O–H groups in total. The number of fused-ring (bicyclic) bond motifs is 1. The topological polar surface area (TPSA) is 52.8 Å². The molecule has 2 rings (SSSR count). The highest BCUT2D eigenvalue weighted by atomic mass is 19.4. The first-order chi connectivity index (χ1) is 9.90. The zero-order chi connectivity index (χ0) is 15.5. The summed E-state index contributed by atoms with van der Waals surface area (Å²) in [5.74, 6) is 0.309. The third-order valence-electron chi connectivity index (χ3n) is 2.73. The predicted molar refractivity (Wildman–Crippen MR) is 67.3 cm³/mol. The Morgan fingerprint density at radius 3 is 2.76 bits per heavy atom. The summed E-state index contributed by atoms with van der Waals surface area (Å²) in [4.78, 5) is 11.7. The highest BCUT2D eigenvalue weighted by Crippen LogP contribution is 2.18. The molecular formula is C13H13F3N2O3. The van der Waals surface area contributed by atoms with Gasteiger partial charge in [-0.2, -0.15) is 5.10 Å². The van der Waals surface area contributed by atoms with E-state index in [0.717, 1.165) is 0 Å². The summed E-state index contributed by atoms with van der Waals surface area (Å²) >= 11 is 0. The molecule has 0 fully saturated rings. The number of Topliss-reactive ketones (excluding diaryl/α,β-unsaturated/α-hetero) is 1. The lowest BCUT2D eigenvalue weighted by Gasteiger charge is -2.09. The third-order valence-corrected chi connectivity index (χ3v) is 2.73. The van der Waals surface area contributed by atoms with Crippen LogP contribution in [0.25, 0.3) is 5.52 Å². The van der Waals surface area contributed by atoms with Gasteiger partial charge in [0.2, 0.25) is 0 Å². The second-order valence-corrected chi connectivity index (χ2v) is 4.17. The molecule has 0 saturated carbocycles. The first kappa shape index (κ1) is 15.3. The van der Waals surface area contributed by atoms with Crippen molar-refractivity contribution in [3.05, 3.63) is 30.1 Å². The second-order valence-electron chi connectivity index (χ2n) is 4.17. The molecule has 8 heteroatoms. The van der Waals surface area contributed by atoms with Crippen LogP contribution in [0.4, 0.5) is 13.2 Å². The summed E-state index contributed by atoms with van der Waals surface area (Å²) < 4.78 is 45.5. The van der Waals surface area contributed by atoms with Crippen LogP contribution in [0.5, 0.6) is 5.75 Å². The molecule has 0 bridgehead atoms. The molecule has 0 aliphatic rings. The van der Waals surface area contributed by atoms with Gasteiger partial charge in [0.25, 0.3) is 0 Å². The van der Waals surface area contributed by atoms with Gasteiger partial charge in [-0.1, -0.05) is 6.92 Å². The van der Waals surface area contributed by atoms with Crippen molar-refractivity contribution in [1.29, 1.82) is 0 Å². The molecule has 0 atom stereocenters. The van der Waals surface area contributed by atoms with Crippen LogP contribution in [0.3, 0.4) is 0 Å². The number of pyridine rings is 1. The minimum Gasteiger partial charge on any atom is -0.490 e. The van der Waals surface area contributed by atoms with E-state index in [1.165, 1.54) is 16.9 Å². The fourth-order valence-corrected chi connectivity index (χ4v) is 1.77. The zero-order valence-corrected chi connectivity index (χ0v) is 11.2. The van der Waals surface area contributed by atoms with E-state index in [-0.39, 0.29) is 12.4 Å². The van der Waals surface area contributed by atoms with Gasteiger partial charge in [-0.05, 0) is 12.1 Å². The first-order valence-electron chi connectivity index (χ1n) is 6.25. The molecule has 21 heavy (non-hydrogen) atoms. The molecule has 0 unspecified atom stereocenters. The SMILES string of the molecule is CCC(=O)c1cnn2cc(OCCOC(F)(F)F)ccc12. The van der Waals surface area contributed by atoms with E-state index in [1.54, 1.807) is 19.1 Å². The van der Waals surface area contributed by atoms with Crippen LogP contribution in [0, 0.1) is 0 Å². The highest BCUT2D eigenvalue weighted by molar-refractivity contribution is 6.01. The average Bonchev–Trinajstić information content (AvgIpc) is 2.85. The maximum Gasteiger partial charge on any atom is 0.522 e. The fourth-order valence-electron chi connectivity index (χ4n) is 1.77. The molecule has 0 spiro atoms. The molecule has 114 valence electrons. The molecule has 0 aromatic carbocycles. The lowest BCUT2D eigenvalue weighted by molar-refractivity contribution is -0.325. The second kappa shape index (κ2) is 6.13. The van der Waals surface area contributed by atoms with E-state index < -0.39 is 13.0 Å². The van der Waals surface area contributed by atoms with Crippen LogP contribution in [-0.2, 0) is 4.74 Å². The summed E-state index contributed by atoms with van der Waals surface area (Å²) in [7, 11) is 0. The van der Waals surface area contributed by atoms with Crippen molar-refractivity contribution in [1.82, 2.24) is 9.61 Å². The Morgan fingerprint density at radius 2 is 2.10 bits per heavy atom. The summed E-state index contributed by atoms with van der Waals surface area (Å²) in [6.07, 6.45) is -1.34. The lowest BCUT2D eigenvalue weighted by Crippen LogP contribution is -2.18. The Kier molecular flexibility index (Phi) is 4.46. The van der Waals surface area contributed by atoms with Gasteiger partial charge in [0.15, 0.2) is 5.78 Å². The van der Waals surface area contributed by atoms with Gasteiger partial charge >= 0.3 is 6.36 Å². The van der Waals surface area contributed by atoms with E-state index >= 15 is 0 Å². The Morgan fingerprint density at radius 1 is 1.33 bits per heavy atom. The van der Waals surface area contributed by atoms with Crippen LogP contribution in [0.1, 0.15) is 23.7 Å². The summed E-state index contributed by atoms with van der Waals surface area (Å²) in [5, 5.41) is 4.02. The first-order valence-corrected chi connectivity index (χ1v) is 6.25. The standard InChI is InChI=1S/C13H13F3N2O3/c1-2-12(19)10-7-17-18-8-9(3-4-11(10)18)20-5-6-21-13(14,15)16/h3-4,7-8H,2,5-6H2,1H3. The maximum absolute atomic E-state index is 11.8. The zero-order valence-electron chi connectivity index (χ0n) is 11.2. The van der Waals surface area contributed by atoms with E-state index in [0.29, 0.717) is 23.3 Å². The molecule has 5 nitrogen and oxygen atoms in total. The minimum absolute atomic E-state index is 0.0303. The predicted octanol–water partition coefficient (Wildman–Crippen LogP) is 2.84. The Balaban J connectivity index is 2.02. The van der Waals surface area contributed by atoms with Crippen molar-refractivity contribution in [2.45, 2.75) is 19.7 Å². The fraction of sp³-hybridized carbons (Fsp3) is 0.385. The highest BCUT2D eigenvalue weighted by Gasteiger charge is 2.28. The maximum atomic E-state index is 11.8. The van der Waals surface area contributed by atoms with Gasteiger partial charge < -0.3 is 4.74 Å². The molecule has 2 aromatic rings. The molecule has 0 aliphatic carbocycles. The van der Waals surface area contributed by atoms with Crippen LogP contribution in [0.15, 0.2) is 24.5 Å². The van der Waals surface area contributed by atoms with Gasteiger partial charge in [-0.25, -0.2) is 4.52 Å². The van der Waals surface area contributed by atoms with Crippen molar-refractivity contribution in [2.24, 2.45) is 0 Å². The average molecular weight is 302 g/mol. The summed E-state index contributed by atoms with van der Waals surface area (Å²) in [6.45, 7) is 0.914. The van der Waals surface area contributed by atoms with Gasteiger partial charge in [0, 0.05) is 6.42 Å². The number of hydrogen-bond donors (Lipinski definition) is 0. The van der Waals surface area contributed by atoms with Crippen molar-refractivity contribution >= 4 is 11.3 Å². The number of hydrogen-bond acceptors (Lipinski definition) is 4. The van der Waals surface area contributed by atoms with Crippen molar-refractivity contribution in [3.8, 4) is 5.75 Å². The summed E-state index contributed by atoms with van der Waals surface area (Å²) in [6, 6.07) is 3.20. The number of carbonyl (C=O) groups is 1. The molecule has 2 aromatic heterocycles. The van der Waals surface area contributed by atoms with Crippen LogP contribution < -0.4 is 4.74 Å². The van der Waals surface area contributed by atoms with Crippen molar-refractivity contribution in [3.63, 3.8) is 0 Å². The number of nitrogens with zero attached hydrogens (tertiary/aromatic N) is 2. The molecular weight excluding hydrogens is 289 g/mol. The number of carbonyl (C=O) groups excluding carboxylic acids is 1. The minimum atomic E-state index is -4.66. The number of ether oxygens (including phenoxy) is 2. The Bertz CT molecular complexity index is 637. The van der Waals surface area contributed by atoms with Gasteiger partial charge in [0.05, 0.1) is 30.1 Å².